The Hall–Kier alpha value is -0.520. The number of halogens is 3. The van der Waals surface area contributed by atoms with E-state index in [1.165, 1.54) is 18.4 Å². The largest absolute Gasteiger partial charge is 0.460 e. The van der Waals surface area contributed by atoms with Gasteiger partial charge in [-0.1, -0.05) is 22.0 Å². The lowest BCUT2D eigenvalue weighted by molar-refractivity contribution is 0.350. The second kappa shape index (κ2) is 10.5. The highest BCUT2D eigenvalue weighted by atomic mass is 79.9. The van der Waals surface area contributed by atoms with E-state index in [4.69, 9.17) is 4.42 Å². The van der Waals surface area contributed by atoms with Crippen LogP contribution in [0, 0.1) is 12.8 Å². The Kier molecular flexibility index (Phi) is 9.39. The van der Waals surface area contributed by atoms with Crippen LogP contribution >= 0.6 is 40.7 Å². The predicted octanol–water partition coefficient (Wildman–Crippen LogP) is 4.95. The third kappa shape index (κ3) is 5.78. The maximum Gasteiger partial charge on any atom is 0.134 e. The van der Waals surface area contributed by atoms with Crippen molar-refractivity contribution < 1.29 is 4.42 Å². The summed E-state index contributed by atoms with van der Waals surface area (Å²) in [5.74, 6) is 2.74. The first kappa shape index (κ1) is 21.5. The minimum Gasteiger partial charge on any atom is -0.460 e. The fourth-order valence-corrected chi connectivity index (χ4v) is 3.16. The van der Waals surface area contributed by atoms with Crippen molar-refractivity contribution in [3.8, 4) is 11.3 Å². The molecule has 0 radical (unpaired) electrons. The van der Waals surface area contributed by atoms with Crippen molar-refractivity contribution in [1.29, 1.82) is 0 Å². The van der Waals surface area contributed by atoms with Gasteiger partial charge in [0.1, 0.15) is 11.5 Å². The van der Waals surface area contributed by atoms with Crippen molar-refractivity contribution in [3.05, 3.63) is 46.1 Å². The number of benzene rings is 1. The van der Waals surface area contributed by atoms with Gasteiger partial charge in [-0.2, -0.15) is 0 Å². The van der Waals surface area contributed by atoms with Crippen LogP contribution in [0.3, 0.4) is 0 Å². The van der Waals surface area contributed by atoms with Gasteiger partial charge < -0.3 is 15.1 Å². The predicted molar refractivity (Wildman–Crippen MR) is 108 cm³/mol. The number of rotatable bonds is 5. The van der Waals surface area contributed by atoms with Crippen LogP contribution in [0.5, 0.6) is 0 Å². The lowest BCUT2D eigenvalue weighted by Gasteiger charge is -2.22. The van der Waals surface area contributed by atoms with Gasteiger partial charge in [-0.05, 0) is 75.1 Å². The Morgan fingerprint density at radius 2 is 1.92 bits per heavy atom. The Bertz CT molecular complexity index is 627. The number of aryl methyl sites for hydroxylation is 1. The molecule has 1 aromatic heterocycles. The summed E-state index contributed by atoms with van der Waals surface area (Å²) in [6, 6.07) is 10.4. The van der Waals surface area contributed by atoms with Crippen LogP contribution in [0.4, 0.5) is 0 Å². The van der Waals surface area contributed by atoms with Gasteiger partial charge in [0, 0.05) is 10.0 Å². The molecule has 24 heavy (non-hydrogen) atoms. The lowest BCUT2D eigenvalue weighted by Crippen LogP contribution is -2.33. The number of hydrogen-bond acceptors (Lipinski definition) is 3. The van der Waals surface area contributed by atoms with E-state index >= 15 is 0 Å². The smallest absolute Gasteiger partial charge is 0.134 e. The first-order valence-electron chi connectivity index (χ1n) is 7.99. The summed E-state index contributed by atoms with van der Waals surface area (Å²) in [6.45, 7) is 6.28. The molecule has 1 aromatic carbocycles. The summed E-state index contributed by atoms with van der Waals surface area (Å²) < 4.78 is 7.09. The van der Waals surface area contributed by atoms with Gasteiger partial charge in [0.15, 0.2) is 0 Å². The molecule has 0 amide bonds. The molecule has 134 valence electrons. The summed E-state index contributed by atoms with van der Waals surface area (Å²) in [6.07, 6.45) is 2.54. The molecule has 1 aliphatic heterocycles. The number of nitrogens with one attached hydrogen (secondary N) is 2. The minimum atomic E-state index is 0. The first-order chi connectivity index (χ1) is 10.7. The van der Waals surface area contributed by atoms with Gasteiger partial charge in [0.05, 0.1) is 6.54 Å². The topological polar surface area (TPSA) is 37.2 Å². The average Bonchev–Trinajstić information content (AvgIpc) is 3.00. The Morgan fingerprint density at radius 1 is 1.17 bits per heavy atom. The molecule has 1 aliphatic rings. The standard InChI is InChI=1S/C18H23BrN2O.2ClH/c1-13-10-15(2-4-17(13)19)18-5-3-16(22-18)12-21-11-14-6-8-20-9-7-14;;/h2-5,10,14,20-21H,6-9,11-12H2,1H3;2*1H. The average molecular weight is 436 g/mol. The van der Waals surface area contributed by atoms with Crippen LogP contribution < -0.4 is 10.6 Å². The van der Waals surface area contributed by atoms with Crippen LogP contribution in [0.1, 0.15) is 24.2 Å². The second-order valence-corrected chi connectivity index (χ2v) is 6.91. The van der Waals surface area contributed by atoms with Crippen LogP contribution in [-0.4, -0.2) is 19.6 Å². The van der Waals surface area contributed by atoms with Gasteiger partial charge in [-0.25, -0.2) is 0 Å². The number of piperidine rings is 1. The zero-order valence-corrected chi connectivity index (χ0v) is 17.0. The van der Waals surface area contributed by atoms with Gasteiger partial charge in [-0.15, -0.1) is 24.8 Å². The van der Waals surface area contributed by atoms with E-state index < -0.39 is 0 Å². The Balaban J connectivity index is 0.00000144. The van der Waals surface area contributed by atoms with Crippen LogP contribution in [0.2, 0.25) is 0 Å². The highest BCUT2D eigenvalue weighted by molar-refractivity contribution is 9.10. The summed E-state index contributed by atoms with van der Waals surface area (Å²) in [4.78, 5) is 0. The summed E-state index contributed by atoms with van der Waals surface area (Å²) in [5, 5.41) is 6.93. The third-order valence-electron chi connectivity index (χ3n) is 4.30. The molecule has 2 N–H and O–H groups in total. The second-order valence-electron chi connectivity index (χ2n) is 6.05. The van der Waals surface area contributed by atoms with Crippen molar-refractivity contribution >= 4 is 40.7 Å². The van der Waals surface area contributed by atoms with Gasteiger partial charge >= 0.3 is 0 Å². The van der Waals surface area contributed by atoms with Crippen LogP contribution in [0.15, 0.2) is 39.2 Å². The molecule has 0 spiro atoms. The third-order valence-corrected chi connectivity index (χ3v) is 5.18. The quantitative estimate of drug-likeness (QED) is 0.697. The molecule has 1 saturated heterocycles. The molecule has 0 unspecified atom stereocenters. The molecule has 0 saturated carbocycles. The lowest BCUT2D eigenvalue weighted by atomic mass is 9.98. The molecule has 2 aromatic rings. The van der Waals surface area contributed by atoms with Crippen LogP contribution in [-0.2, 0) is 6.54 Å². The monoisotopic (exact) mass is 434 g/mol. The van der Waals surface area contributed by atoms with Gasteiger partial charge in [-0.3, -0.25) is 0 Å². The van der Waals surface area contributed by atoms with E-state index in [9.17, 15) is 0 Å². The van der Waals surface area contributed by atoms with Crippen molar-refractivity contribution in [2.75, 3.05) is 19.6 Å². The fraction of sp³-hybridized carbons (Fsp3) is 0.444. The van der Waals surface area contributed by atoms with E-state index in [0.717, 1.165) is 53.7 Å². The molecular weight excluding hydrogens is 411 g/mol. The maximum atomic E-state index is 5.96. The molecule has 0 aliphatic carbocycles. The molecule has 0 bridgehead atoms. The molecular formula is C18H25BrCl2N2O. The first-order valence-corrected chi connectivity index (χ1v) is 8.78. The molecule has 6 heteroatoms. The van der Waals surface area contributed by atoms with E-state index in [1.807, 2.05) is 0 Å². The molecule has 2 heterocycles. The van der Waals surface area contributed by atoms with E-state index in [1.54, 1.807) is 0 Å². The minimum absolute atomic E-state index is 0. The number of hydrogen-bond donors (Lipinski definition) is 2. The summed E-state index contributed by atoms with van der Waals surface area (Å²) in [7, 11) is 0. The van der Waals surface area contributed by atoms with Crippen molar-refractivity contribution in [1.82, 2.24) is 10.6 Å². The van der Waals surface area contributed by atoms with E-state index in [0.29, 0.717) is 0 Å². The van der Waals surface area contributed by atoms with Crippen molar-refractivity contribution in [2.45, 2.75) is 26.3 Å². The highest BCUT2D eigenvalue weighted by Gasteiger charge is 2.12. The zero-order chi connectivity index (χ0) is 15.4. The molecule has 3 nitrogen and oxygen atoms in total. The van der Waals surface area contributed by atoms with Crippen molar-refractivity contribution in [2.24, 2.45) is 5.92 Å². The Labute approximate surface area is 164 Å². The maximum absolute atomic E-state index is 5.96. The van der Waals surface area contributed by atoms with Gasteiger partial charge in [0.25, 0.3) is 0 Å². The van der Waals surface area contributed by atoms with Crippen LogP contribution in [0.25, 0.3) is 11.3 Å². The molecule has 0 atom stereocenters. The normalized spacial score (nSPS) is 14.8. The van der Waals surface area contributed by atoms with E-state index in [2.05, 4.69) is 63.8 Å². The Morgan fingerprint density at radius 3 is 2.62 bits per heavy atom. The van der Waals surface area contributed by atoms with E-state index in [-0.39, 0.29) is 24.8 Å². The highest BCUT2D eigenvalue weighted by Crippen LogP contribution is 2.26. The molecule has 3 rings (SSSR count). The van der Waals surface area contributed by atoms with Crippen molar-refractivity contribution in [3.63, 3.8) is 0 Å². The summed E-state index contributed by atoms with van der Waals surface area (Å²) >= 11 is 3.53. The SMILES string of the molecule is Cc1cc(-c2ccc(CNCC3CCNCC3)o2)ccc1Br.Cl.Cl. The summed E-state index contributed by atoms with van der Waals surface area (Å²) in [5.41, 5.74) is 2.35. The fourth-order valence-electron chi connectivity index (χ4n) is 2.91. The zero-order valence-electron chi connectivity index (χ0n) is 13.8. The molecule has 1 fully saturated rings. The van der Waals surface area contributed by atoms with Gasteiger partial charge in [0.2, 0.25) is 0 Å². The number of furan rings is 1.